The van der Waals surface area contributed by atoms with Gasteiger partial charge in [-0.05, 0) is 42.5 Å². The Kier molecular flexibility index (Phi) is 4.38. The SMILES string of the molecule is CNC(=O)c1c(-c2cccc(F)c2)oc2cc(NS(C)(=O)=O)c(C3CC3)cc12. The number of rotatable bonds is 5. The van der Waals surface area contributed by atoms with E-state index in [1.165, 1.54) is 25.2 Å². The molecule has 1 amide bonds. The van der Waals surface area contributed by atoms with E-state index in [1.807, 2.05) is 0 Å². The standard InChI is InChI=1S/C20H19FN2O4S/c1-22-20(24)18-15-9-14(11-6-7-11)16(23-28(2,25)26)10-17(15)27-19(18)12-4-3-5-13(21)8-12/h3-5,8-11,23H,6-7H2,1-2H3,(H,22,24). The van der Waals surface area contributed by atoms with E-state index in [9.17, 15) is 17.6 Å². The van der Waals surface area contributed by atoms with Crippen LogP contribution in [0.5, 0.6) is 0 Å². The van der Waals surface area contributed by atoms with Crippen molar-refractivity contribution in [2.45, 2.75) is 18.8 Å². The van der Waals surface area contributed by atoms with Crippen LogP contribution in [0, 0.1) is 5.82 Å². The van der Waals surface area contributed by atoms with Gasteiger partial charge in [-0.3, -0.25) is 9.52 Å². The molecule has 0 aliphatic heterocycles. The van der Waals surface area contributed by atoms with Crippen LogP contribution >= 0.6 is 0 Å². The lowest BCUT2D eigenvalue weighted by Gasteiger charge is -2.10. The molecular formula is C20H19FN2O4S. The van der Waals surface area contributed by atoms with E-state index < -0.39 is 15.8 Å². The molecule has 1 fully saturated rings. The van der Waals surface area contributed by atoms with Gasteiger partial charge in [0, 0.05) is 24.1 Å². The fourth-order valence-corrected chi connectivity index (χ4v) is 3.94. The van der Waals surface area contributed by atoms with Crippen molar-refractivity contribution in [3.05, 3.63) is 53.3 Å². The summed E-state index contributed by atoms with van der Waals surface area (Å²) >= 11 is 0. The largest absolute Gasteiger partial charge is 0.455 e. The molecule has 0 unspecified atom stereocenters. The van der Waals surface area contributed by atoms with Crippen LogP contribution in [0.25, 0.3) is 22.3 Å². The van der Waals surface area contributed by atoms with E-state index in [-0.39, 0.29) is 17.6 Å². The lowest BCUT2D eigenvalue weighted by molar-refractivity contribution is 0.0964. The predicted molar refractivity (Wildman–Crippen MR) is 105 cm³/mol. The highest BCUT2D eigenvalue weighted by Crippen LogP contribution is 2.46. The third-order valence-electron chi connectivity index (χ3n) is 4.71. The molecule has 146 valence electrons. The number of carbonyl (C=O) groups excluding carboxylic acids is 1. The molecule has 8 heteroatoms. The summed E-state index contributed by atoms with van der Waals surface area (Å²) in [6.45, 7) is 0. The van der Waals surface area contributed by atoms with E-state index in [2.05, 4.69) is 10.0 Å². The molecule has 1 saturated carbocycles. The Balaban J connectivity index is 1.99. The monoisotopic (exact) mass is 402 g/mol. The van der Waals surface area contributed by atoms with E-state index in [4.69, 9.17) is 4.42 Å². The molecule has 6 nitrogen and oxygen atoms in total. The molecule has 2 aromatic carbocycles. The van der Waals surface area contributed by atoms with Gasteiger partial charge in [0.1, 0.15) is 17.2 Å². The van der Waals surface area contributed by atoms with Crippen molar-refractivity contribution in [1.29, 1.82) is 0 Å². The van der Waals surface area contributed by atoms with Gasteiger partial charge in [0.05, 0.1) is 17.5 Å². The smallest absolute Gasteiger partial charge is 0.255 e. The highest BCUT2D eigenvalue weighted by Gasteiger charge is 2.30. The number of hydrogen-bond acceptors (Lipinski definition) is 4. The molecule has 4 rings (SSSR count). The summed E-state index contributed by atoms with van der Waals surface area (Å²) in [6.07, 6.45) is 2.99. The van der Waals surface area contributed by atoms with Gasteiger partial charge >= 0.3 is 0 Å². The number of halogens is 1. The minimum absolute atomic E-state index is 0.235. The Hall–Kier alpha value is -2.87. The number of nitrogens with one attached hydrogen (secondary N) is 2. The lowest BCUT2D eigenvalue weighted by Crippen LogP contribution is -2.18. The fourth-order valence-electron chi connectivity index (χ4n) is 3.36. The zero-order valence-corrected chi connectivity index (χ0v) is 16.2. The second-order valence-electron chi connectivity index (χ2n) is 6.98. The summed E-state index contributed by atoms with van der Waals surface area (Å²) in [6, 6.07) is 9.20. The maximum Gasteiger partial charge on any atom is 0.255 e. The van der Waals surface area contributed by atoms with Gasteiger partial charge in [-0.15, -0.1) is 0 Å². The van der Waals surface area contributed by atoms with E-state index in [0.29, 0.717) is 27.8 Å². The van der Waals surface area contributed by atoms with Crippen molar-refractivity contribution in [2.75, 3.05) is 18.0 Å². The van der Waals surface area contributed by atoms with Crippen LogP contribution in [-0.4, -0.2) is 27.6 Å². The summed E-state index contributed by atoms with van der Waals surface area (Å²) < 4.78 is 45.7. The van der Waals surface area contributed by atoms with Crippen LogP contribution in [0.3, 0.4) is 0 Å². The Labute approximate surface area is 161 Å². The highest BCUT2D eigenvalue weighted by molar-refractivity contribution is 7.92. The van der Waals surface area contributed by atoms with Crippen LogP contribution in [-0.2, 0) is 10.0 Å². The second kappa shape index (κ2) is 6.63. The quantitative estimate of drug-likeness (QED) is 0.679. The molecule has 0 bridgehead atoms. The molecule has 3 aromatic rings. The summed E-state index contributed by atoms with van der Waals surface area (Å²) in [4.78, 5) is 12.6. The van der Waals surface area contributed by atoms with Gasteiger partial charge in [0.15, 0.2) is 0 Å². The molecule has 0 radical (unpaired) electrons. The van der Waals surface area contributed by atoms with Gasteiger partial charge in [-0.1, -0.05) is 12.1 Å². The lowest BCUT2D eigenvalue weighted by atomic mass is 10.0. The van der Waals surface area contributed by atoms with Crippen LogP contribution in [0.15, 0.2) is 40.8 Å². The molecule has 1 heterocycles. The molecule has 1 aliphatic carbocycles. The molecule has 1 aromatic heterocycles. The minimum atomic E-state index is -3.48. The Bertz CT molecular complexity index is 1200. The van der Waals surface area contributed by atoms with Gasteiger partial charge in [-0.25, -0.2) is 12.8 Å². The number of hydrogen-bond donors (Lipinski definition) is 2. The topological polar surface area (TPSA) is 88.4 Å². The zero-order valence-electron chi connectivity index (χ0n) is 15.4. The van der Waals surface area contributed by atoms with Crippen molar-refractivity contribution in [1.82, 2.24) is 5.32 Å². The summed E-state index contributed by atoms with van der Waals surface area (Å²) in [5.41, 5.74) is 2.36. The van der Waals surface area contributed by atoms with E-state index >= 15 is 0 Å². The first kappa shape index (κ1) is 18.5. The van der Waals surface area contributed by atoms with Crippen molar-refractivity contribution >= 4 is 32.6 Å². The fraction of sp³-hybridized carbons (Fsp3) is 0.250. The molecular weight excluding hydrogens is 383 g/mol. The van der Waals surface area contributed by atoms with E-state index in [0.717, 1.165) is 24.7 Å². The third kappa shape index (κ3) is 3.47. The number of fused-ring (bicyclic) bond motifs is 1. The Morgan fingerprint density at radius 3 is 2.57 bits per heavy atom. The highest BCUT2D eigenvalue weighted by atomic mass is 32.2. The van der Waals surface area contributed by atoms with Crippen LogP contribution in [0.1, 0.15) is 34.7 Å². The first-order chi connectivity index (χ1) is 13.3. The number of amides is 1. The molecule has 0 saturated heterocycles. The number of anilines is 1. The average Bonchev–Trinajstić information content (AvgIpc) is 3.40. The van der Waals surface area contributed by atoms with E-state index in [1.54, 1.807) is 18.2 Å². The Morgan fingerprint density at radius 2 is 1.96 bits per heavy atom. The van der Waals surface area contributed by atoms with Gasteiger partial charge < -0.3 is 9.73 Å². The number of carbonyl (C=O) groups is 1. The minimum Gasteiger partial charge on any atom is -0.455 e. The number of furan rings is 1. The molecule has 2 N–H and O–H groups in total. The molecule has 0 atom stereocenters. The van der Waals surface area contributed by atoms with Crippen molar-refractivity contribution in [3.8, 4) is 11.3 Å². The van der Waals surface area contributed by atoms with Crippen molar-refractivity contribution in [2.24, 2.45) is 0 Å². The number of sulfonamides is 1. The maximum atomic E-state index is 13.7. The third-order valence-corrected chi connectivity index (χ3v) is 5.30. The van der Waals surface area contributed by atoms with Crippen molar-refractivity contribution < 1.29 is 22.0 Å². The van der Waals surface area contributed by atoms with Crippen molar-refractivity contribution in [3.63, 3.8) is 0 Å². The normalized spacial score (nSPS) is 14.2. The summed E-state index contributed by atoms with van der Waals surface area (Å²) in [5.74, 6) is -0.326. The second-order valence-corrected chi connectivity index (χ2v) is 8.73. The van der Waals surface area contributed by atoms with Gasteiger partial charge in [-0.2, -0.15) is 0 Å². The molecule has 0 spiro atoms. The summed E-state index contributed by atoms with van der Waals surface area (Å²) in [5, 5.41) is 3.17. The molecule has 28 heavy (non-hydrogen) atoms. The van der Waals surface area contributed by atoms with Crippen LogP contribution in [0.2, 0.25) is 0 Å². The number of benzene rings is 2. The average molecular weight is 402 g/mol. The van der Waals surface area contributed by atoms with Crippen LogP contribution in [0.4, 0.5) is 10.1 Å². The van der Waals surface area contributed by atoms with Gasteiger partial charge in [0.2, 0.25) is 10.0 Å². The maximum absolute atomic E-state index is 13.7. The first-order valence-electron chi connectivity index (χ1n) is 8.83. The zero-order chi connectivity index (χ0) is 20.1. The summed E-state index contributed by atoms with van der Waals surface area (Å²) in [7, 11) is -1.96. The molecule has 1 aliphatic rings. The Morgan fingerprint density at radius 1 is 1.21 bits per heavy atom. The first-order valence-corrected chi connectivity index (χ1v) is 10.7. The van der Waals surface area contributed by atoms with Crippen LogP contribution < -0.4 is 10.0 Å². The van der Waals surface area contributed by atoms with Gasteiger partial charge in [0.25, 0.3) is 5.91 Å². The predicted octanol–water partition coefficient (Wildman–Crippen LogP) is 3.85.